The van der Waals surface area contributed by atoms with Gasteiger partial charge < -0.3 is 0 Å². The first-order chi connectivity index (χ1) is 10.3. The van der Waals surface area contributed by atoms with Crippen molar-refractivity contribution in [3.8, 4) is 5.69 Å². The number of aromatic nitrogens is 4. The predicted molar refractivity (Wildman–Crippen MR) is 87.1 cm³/mol. The summed E-state index contributed by atoms with van der Waals surface area (Å²) in [5.41, 5.74) is 3.44. The topological polar surface area (TPSA) is 43.6 Å². The van der Waals surface area contributed by atoms with Gasteiger partial charge in [-0.3, -0.25) is 4.57 Å². The fourth-order valence-electron chi connectivity index (χ4n) is 2.04. The molecule has 0 bridgehead atoms. The second kappa shape index (κ2) is 6.41. The predicted octanol–water partition coefficient (Wildman–Crippen LogP) is 3.89. The summed E-state index contributed by atoms with van der Waals surface area (Å²) in [6, 6.07) is 8.25. The first kappa shape index (κ1) is 14.3. The molecule has 6 heteroatoms. The van der Waals surface area contributed by atoms with E-state index in [1.807, 2.05) is 16.7 Å². The highest BCUT2D eigenvalue weighted by molar-refractivity contribution is 7.98. The van der Waals surface area contributed by atoms with Crippen molar-refractivity contribution >= 4 is 23.1 Å². The van der Waals surface area contributed by atoms with Gasteiger partial charge >= 0.3 is 0 Å². The monoisotopic (exact) mass is 316 g/mol. The summed E-state index contributed by atoms with van der Waals surface area (Å²) >= 11 is 3.39. The Kier molecular flexibility index (Phi) is 4.36. The molecule has 0 N–H and O–H groups in total. The van der Waals surface area contributed by atoms with Crippen molar-refractivity contribution in [2.75, 3.05) is 0 Å². The SMILES string of the molecule is CCc1nc(CSc2nncn2-c2ccccc2C)cs1. The molecule has 0 spiro atoms. The molecule has 0 radical (unpaired) electrons. The van der Waals surface area contributed by atoms with Crippen molar-refractivity contribution in [3.05, 3.63) is 52.2 Å². The number of nitrogens with zero attached hydrogens (tertiary/aromatic N) is 4. The third-order valence-electron chi connectivity index (χ3n) is 3.14. The molecule has 108 valence electrons. The molecule has 0 saturated heterocycles. The Hall–Kier alpha value is -1.66. The standard InChI is InChI=1S/C15H16N4S2/c1-3-14-17-12(8-20-14)9-21-15-18-16-10-19(15)13-7-5-4-6-11(13)2/h4-8,10H,3,9H2,1-2H3. The summed E-state index contributed by atoms with van der Waals surface area (Å²) in [7, 11) is 0. The van der Waals surface area contributed by atoms with Crippen LogP contribution in [-0.2, 0) is 12.2 Å². The van der Waals surface area contributed by atoms with Gasteiger partial charge in [-0.05, 0) is 25.0 Å². The van der Waals surface area contributed by atoms with E-state index in [2.05, 4.69) is 46.5 Å². The van der Waals surface area contributed by atoms with E-state index in [4.69, 9.17) is 0 Å². The smallest absolute Gasteiger partial charge is 0.196 e. The summed E-state index contributed by atoms with van der Waals surface area (Å²) in [5, 5.41) is 12.5. The molecular weight excluding hydrogens is 300 g/mol. The third kappa shape index (κ3) is 3.16. The van der Waals surface area contributed by atoms with Gasteiger partial charge in [0.25, 0.3) is 0 Å². The maximum atomic E-state index is 4.59. The van der Waals surface area contributed by atoms with Crippen molar-refractivity contribution in [1.29, 1.82) is 0 Å². The van der Waals surface area contributed by atoms with Crippen LogP contribution in [-0.4, -0.2) is 19.7 Å². The van der Waals surface area contributed by atoms with Crippen LogP contribution >= 0.6 is 23.1 Å². The van der Waals surface area contributed by atoms with E-state index in [-0.39, 0.29) is 0 Å². The minimum Gasteiger partial charge on any atom is -0.276 e. The molecule has 2 aromatic heterocycles. The Labute approximate surface area is 132 Å². The summed E-state index contributed by atoms with van der Waals surface area (Å²) in [6.45, 7) is 4.22. The number of benzene rings is 1. The van der Waals surface area contributed by atoms with Gasteiger partial charge in [0.2, 0.25) is 0 Å². The molecule has 1 aromatic carbocycles. The number of para-hydroxylation sites is 1. The Morgan fingerprint density at radius 2 is 2.14 bits per heavy atom. The molecule has 0 aliphatic heterocycles. The van der Waals surface area contributed by atoms with Gasteiger partial charge in [-0.1, -0.05) is 36.9 Å². The van der Waals surface area contributed by atoms with E-state index in [1.165, 1.54) is 10.6 Å². The van der Waals surface area contributed by atoms with Crippen molar-refractivity contribution < 1.29 is 0 Å². The molecule has 0 amide bonds. The first-order valence-electron chi connectivity index (χ1n) is 6.80. The largest absolute Gasteiger partial charge is 0.276 e. The van der Waals surface area contributed by atoms with Crippen LogP contribution in [0.1, 0.15) is 23.2 Å². The fraction of sp³-hybridized carbons (Fsp3) is 0.267. The normalized spacial score (nSPS) is 11.0. The minimum atomic E-state index is 0.821. The van der Waals surface area contributed by atoms with Crippen LogP contribution in [0.4, 0.5) is 0 Å². The van der Waals surface area contributed by atoms with E-state index >= 15 is 0 Å². The molecule has 3 rings (SSSR count). The molecule has 21 heavy (non-hydrogen) atoms. The lowest BCUT2D eigenvalue weighted by molar-refractivity contribution is 0.877. The van der Waals surface area contributed by atoms with Crippen LogP contribution in [0.2, 0.25) is 0 Å². The number of thioether (sulfide) groups is 1. The number of hydrogen-bond acceptors (Lipinski definition) is 5. The van der Waals surface area contributed by atoms with Crippen molar-refractivity contribution in [3.63, 3.8) is 0 Å². The van der Waals surface area contributed by atoms with E-state index in [0.717, 1.165) is 28.7 Å². The number of aryl methyl sites for hydroxylation is 2. The molecule has 4 nitrogen and oxygen atoms in total. The Balaban J connectivity index is 1.78. The van der Waals surface area contributed by atoms with Crippen LogP contribution in [0.3, 0.4) is 0 Å². The van der Waals surface area contributed by atoms with E-state index < -0.39 is 0 Å². The third-order valence-corrected chi connectivity index (χ3v) is 5.16. The number of hydrogen-bond donors (Lipinski definition) is 0. The fourth-order valence-corrected chi connectivity index (χ4v) is 3.70. The highest BCUT2D eigenvalue weighted by Gasteiger charge is 2.10. The molecule has 0 unspecified atom stereocenters. The highest BCUT2D eigenvalue weighted by atomic mass is 32.2. The van der Waals surface area contributed by atoms with Gasteiger partial charge in [0.05, 0.1) is 16.4 Å². The summed E-state index contributed by atoms with van der Waals surface area (Å²) in [4.78, 5) is 4.59. The summed E-state index contributed by atoms with van der Waals surface area (Å²) in [6.07, 6.45) is 2.76. The zero-order chi connectivity index (χ0) is 14.7. The van der Waals surface area contributed by atoms with E-state index in [9.17, 15) is 0 Å². The van der Waals surface area contributed by atoms with Gasteiger partial charge in [-0.25, -0.2) is 4.98 Å². The summed E-state index contributed by atoms with van der Waals surface area (Å²) in [5.74, 6) is 0.821. The maximum absolute atomic E-state index is 4.59. The lowest BCUT2D eigenvalue weighted by Gasteiger charge is -2.08. The highest BCUT2D eigenvalue weighted by Crippen LogP contribution is 2.25. The molecule has 3 aromatic rings. The van der Waals surface area contributed by atoms with Crippen LogP contribution in [0.25, 0.3) is 5.69 Å². The minimum absolute atomic E-state index is 0.821. The van der Waals surface area contributed by atoms with Crippen LogP contribution in [0.5, 0.6) is 0 Å². The lowest BCUT2D eigenvalue weighted by Crippen LogP contribution is -1.97. The van der Waals surface area contributed by atoms with Gasteiger partial charge in [0.15, 0.2) is 5.16 Å². The van der Waals surface area contributed by atoms with Gasteiger partial charge in [-0.15, -0.1) is 21.5 Å². The average molecular weight is 316 g/mol. The van der Waals surface area contributed by atoms with Crippen LogP contribution in [0.15, 0.2) is 41.1 Å². The van der Waals surface area contributed by atoms with E-state index in [1.54, 1.807) is 29.4 Å². The molecule has 0 atom stereocenters. The van der Waals surface area contributed by atoms with Crippen LogP contribution < -0.4 is 0 Å². The van der Waals surface area contributed by atoms with Crippen molar-refractivity contribution in [1.82, 2.24) is 19.7 Å². The van der Waals surface area contributed by atoms with Gasteiger partial charge in [0.1, 0.15) is 6.33 Å². The second-order valence-corrected chi connectivity index (χ2v) is 6.53. The number of rotatable bonds is 5. The Bertz CT molecular complexity index is 733. The van der Waals surface area contributed by atoms with Gasteiger partial charge in [-0.2, -0.15) is 0 Å². The van der Waals surface area contributed by atoms with Crippen molar-refractivity contribution in [2.24, 2.45) is 0 Å². The van der Waals surface area contributed by atoms with Crippen molar-refractivity contribution in [2.45, 2.75) is 31.2 Å². The Morgan fingerprint density at radius 3 is 2.90 bits per heavy atom. The molecular formula is C15H16N4S2. The zero-order valence-corrected chi connectivity index (χ0v) is 13.6. The van der Waals surface area contributed by atoms with E-state index in [0.29, 0.717) is 0 Å². The maximum Gasteiger partial charge on any atom is 0.196 e. The molecule has 0 aliphatic rings. The van der Waals surface area contributed by atoms with Crippen LogP contribution in [0, 0.1) is 6.92 Å². The van der Waals surface area contributed by atoms with Gasteiger partial charge in [0, 0.05) is 11.1 Å². The average Bonchev–Trinajstić information content (AvgIpc) is 3.14. The molecule has 0 fully saturated rings. The number of thiazole rings is 1. The summed E-state index contributed by atoms with van der Waals surface area (Å²) < 4.78 is 2.03. The molecule has 0 saturated carbocycles. The second-order valence-electron chi connectivity index (χ2n) is 4.64. The first-order valence-corrected chi connectivity index (χ1v) is 8.66. The molecule has 2 heterocycles. The lowest BCUT2D eigenvalue weighted by atomic mass is 10.2. The Morgan fingerprint density at radius 1 is 1.29 bits per heavy atom. The zero-order valence-electron chi connectivity index (χ0n) is 12.0. The quantitative estimate of drug-likeness (QED) is 0.670. The molecule has 0 aliphatic carbocycles.